The molecule has 4 aromatic rings. The van der Waals surface area contributed by atoms with Gasteiger partial charge in [0.15, 0.2) is 0 Å². The molecule has 8 nitrogen and oxygen atoms in total. The first kappa shape index (κ1) is 22.7. The molecule has 0 aliphatic heterocycles. The summed E-state index contributed by atoms with van der Waals surface area (Å²) in [6, 6.07) is 19.2. The highest BCUT2D eigenvalue weighted by Crippen LogP contribution is 2.27. The number of hydrogen-bond acceptors (Lipinski definition) is 6. The number of methoxy groups -OCH3 is 1. The van der Waals surface area contributed by atoms with Crippen LogP contribution in [0.25, 0.3) is 0 Å². The van der Waals surface area contributed by atoms with Crippen molar-refractivity contribution in [3.8, 4) is 5.75 Å². The molecule has 172 valence electrons. The van der Waals surface area contributed by atoms with Crippen LogP contribution in [0.5, 0.6) is 5.75 Å². The van der Waals surface area contributed by atoms with Gasteiger partial charge in [0, 0.05) is 18.9 Å². The molecule has 2 amide bonds. The molecule has 2 heterocycles. The molecule has 1 N–H and O–H groups in total. The van der Waals surface area contributed by atoms with Crippen LogP contribution in [0.2, 0.25) is 0 Å². The van der Waals surface area contributed by atoms with Gasteiger partial charge in [0.1, 0.15) is 23.2 Å². The summed E-state index contributed by atoms with van der Waals surface area (Å²) in [5, 5.41) is 2.96. The van der Waals surface area contributed by atoms with E-state index in [-0.39, 0.29) is 18.1 Å². The number of carbonyl (C=O) groups is 2. The maximum atomic E-state index is 13.6. The second kappa shape index (κ2) is 10.9. The van der Waals surface area contributed by atoms with E-state index in [1.807, 2.05) is 30.3 Å². The molecule has 0 aliphatic rings. The molecule has 2 aromatic heterocycles. The number of nitrogens with zero attached hydrogens (tertiary/aromatic N) is 3. The van der Waals surface area contributed by atoms with E-state index in [2.05, 4.69) is 15.3 Å². The quantitative estimate of drug-likeness (QED) is 0.412. The summed E-state index contributed by atoms with van der Waals surface area (Å²) >= 11 is 0. The highest BCUT2D eigenvalue weighted by atomic mass is 16.5. The summed E-state index contributed by atoms with van der Waals surface area (Å²) in [5.74, 6) is 0.398. The van der Waals surface area contributed by atoms with Gasteiger partial charge in [-0.1, -0.05) is 42.5 Å². The smallest absolute Gasteiger partial charge is 0.275 e. The number of amides is 2. The third-order valence-corrected chi connectivity index (χ3v) is 5.25. The Balaban J connectivity index is 1.71. The van der Waals surface area contributed by atoms with Crippen molar-refractivity contribution in [1.29, 1.82) is 0 Å². The summed E-state index contributed by atoms with van der Waals surface area (Å²) < 4.78 is 10.8. The number of ether oxygens (including phenoxy) is 1. The van der Waals surface area contributed by atoms with Crippen molar-refractivity contribution in [2.75, 3.05) is 7.11 Å². The average molecular weight is 457 g/mol. The number of hydrogen-bond donors (Lipinski definition) is 1. The Labute approximate surface area is 197 Å². The average Bonchev–Trinajstić information content (AvgIpc) is 3.41. The molecule has 0 unspecified atom stereocenters. The van der Waals surface area contributed by atoms with Gasteiger partial charge in [0.25, 0.3) is 5.91 Å². The minimum absolute atomic E-state index is 0.0673. The molecule has 0 bridgehead atoms. The first-order chi connectivity index (χ1) is 16.7. The van der Waals surface area contributed by atoms with Crippen LogP contribution < -0.4 is 10.1 Å². The Kier molecular flexibility index (Phi) is 7.29. The standard InChI is InChI=1S/C26H24N4O4/c1-33-21-11-9-20(10-12-21)24(25(31)29-16-19-6-3-2-4-7-19)30(18-22-8-5-15-34-22)26(32)23-17-27-13-14-28-23/h2-15,17,24H,16,18H2,1H3,(H,29,31)/t24-/m0/s1. The van der Waals surface area contributed by atoms with Gasteiger partial charge < -0.3 is 19.4 Å². The summed E-state index contributed by atoms with van der Waals surface area (Å²) in [6.45, 7) is 0.387. The van der Waals surface area contributed by atoms with Crippen molar-refractivity contribution in [3.05, 3.63) is 114 Å². The van der Waals surface area contributed by atoms with Gasteiger partial charge in [-0.25, -0.2) is 4.98 Å². The van der Waals surface area contributed by atoms with E-state index in [1.165, 1.54) is 29.8 Å². The van der Waals surface area contributed by atoms with Crippen molar-refractivity contribution < 1.29 is 18.7 Å². The Morgan fingerprint density at radius 2 is 1.82 bits per heavy atom. The largest absolute Gasteiger partial charge is 0.497 e. The molecule has 1 atom stereocenters. The van der Waals surface area contributed by atoms with E-state index in [0.29, 0.717) is 23.6 Å². The number of benzene rings is 2. The number of furan rings is 1. The molecule has 0 fully saturated rings. The van der Waals surface area contributed by atoms with E-state index in [4.69, 9.17) is 9.15 Å². The fraction of sp³-hybridized carbons (Fsp3) is 0.154. The molecule has 8 heteroatoms. The molecular formula is C26H24N4O4. The van der Waals surface area contributed by atoms with Crippen LogP contribution in [-0.2, 0) is 17.9 Å². The van der Waals surface area contributed by atoms with E-state index in [0.717, 1.165) is 5.56 Å². The van der Waals surface area contributed by atoms with Crippen LogP contribution >= 0.6 is 0 Å². The normalized spacial score (nSPS) is 11.4. The number of aromatic nitrogens is 2. The predicted molar refractivity (Wildman–Crippen MR) is 125 cm³/mol. The fourth-order valence-corrected chi connectivity index (χ4v) is 3.55. The van der Waals surface area contributed by atoms with Gasteiger partial charge in [0.05, 0.1) is 26.1 Å². The zero-order valence-corrected chi connectivity index (χ0v) is 18.6. The van der Waals surface area contributed by atoms with Gasteiger partial charge in [-0.3, -0.25) is 14.6 Å². The van der Waals surface area contributed by atoms with Crippen LogP contribution in [0, 0.1) is 0 Å². The minimum atomic E-state index is -0.950. The minimum Gasteiger partial charge on any atom is -0.497 e. The van der Waals surface area contributed by atoms with Crippen LogP contribution in [-0.4, -0.2) is 33.8 Å². The Morgan fingerprint density at radius 3 is 2.47 bits per heavy atom. The summed E-state index contributed by atoms with van der Waals surface area (Å²) in [4.78, 5) is 36.7. The Hall–Kier alpha value is -4.46. The van der Waals surface area contributed by atoms with Crippen LogP contribution in [0.3, 0.4) is 0 Å². The number of nitrogens with one attached hydrogen (secondary N) is 1. The van der Waals surface area contributed by atoms with Gasteiger partial charge in [-0.2, -0.15) is 0 Å². The highest BCUT2D eigenvalue weighted by Gasteiger charge is 2.33. The van der Waals surface area contributed by atoms with Crippen molar-refractivity contribution in [1.82, 2.24) is 20.2 Å². The van der Waals surface area contributed by atoms with Crippen molar-refractivity contribution in [3.63, 3.8) is 0 Å². The molecule has 0 spiro atoms. The van der Waals surface area contributed by atoms with Crippen molar-refractivity contribution in [2.45, 2.75) is 19.1 Å². The van der Waals surface area contributed by atoms with E-state index in [9.17, 15) is 9.59 Å². The molecule has 0 saturated heterocycles. The lowest BCUT2D eigenvalue weighted by Gasteiger charge is -2.30. The summed E-state index contributed by atoms with van der Waals surface area (Å²) in [5.41, 5.74) is 1.70. The van der Waals surface area contributed by atoms with Crippen LogP contribution in [0.4, 0.5) is 0 Å². The first-order valence-electron chi connectivity index (χ1n) is 10.7. The maximum absolute atomic E-state index is 13.6. The lowest BCUT2D eigenvalue weighted by molar-refractivity contribution is -0.126. The molecule has 2 aromatic carbocycles. The van der Waals surface area contributed by atoms with Crippen LogP contribution in [0.1, 0.15) is 33.4 Å². The fourth-order valence-electron chi connectivity index (χ4n) is 3.55. The van der Waals surface area contributed by atoms with Gasteiger partial charge in [-0.15, -0.1) is 0 Å². The molecule has 4 rings (SSSR count). The Morgan fingerprint density at radius 1 is 1.03 bits per heavy atom. The first-order valence-corrected chi connectivity index (χ1v) is 10.7. The number of rotatable bonds is 9. The lowest BCUT2D eigenvalue weighted by Crippen LogP contribution is -2.43. The third kappa shape index (κ3) is 5.47. The van der Waals surface area contributed by atoms with E-state index in [1.54, 1.807) is 43.5 Å². The topological polar surface area (TPSA) is 97.6 Å². The second-order valence-corrected chi connectivity index (χ2v) is 7.48. The van der Waals surface area contributed by atoms with Crippen molar-refractivity contribution in [2.24, 2.45) is 0 Å². The van der Waals surface area contributed by atoms with Gasteiger partial charge in [-0.05, 0) is 35.4 Å². The molecular weight excluding hydrogens is 432 g/mol. The zero-order chi connectivity index (χ0) is 23.8. The lowest BCUT2D eigenvalue weighted by atomic mass is 10.0. The zero-order valence-electron chi connectivity index (χ0n) is 18.6. The third-order valence-electron chi connectivity index (χ3n) is 5.25. The van der Waals surface area contributed by atoms with Crippen molar-refractivity contribution >= 4 is 11.8 Å². The van der Waals surface area contributed by atoms with Crippen LogP contribution in [0.15, 0.2) is 96.0 Å². The van der Waals surface area contributed by atoms with E-state index < -0.39 is 11.9 Å². The summed E-state index contributed by atoms with van der Waals surface area (Å²) in [7, 11) is 1.57. The van der Waals surface area contributed by atoms with Gasteiger partial charge >= 0.3 is 0 Å². The SMILES string of the molecule is COc1ccc([C@@H](C(=O)NCc2ccccc2)N(Cc2ccco2)C(=O)c2cnccn2)cc1. The maximum Gasteiger partial charge on any atom is 0.275 e. The molecule has 0 radical (unpaired) electrons. The second-order valence-electron chi connectivity index (χ2n) is 7.48. The van der Waals surface area contributed by atoms with Gasteiger partial charge in [0.2, 0.25) is 5.91 Å². The number of carbonyl (C=O) groups excluding carboxylic acids is 2. The molecule has 34 heavy (non-hydrogen) atoms. The molecule has 0 aliphatic carbocycles. The Bertz CT molecular complexity index is 1200. The van der Waals surface area contributed by atoms with E-state index >= 15 is 0 Å². The monoisotopic (exact) mass is 456 g/mol. The highest BCUT2D eigenvalue weighted by molar-refractivity contribution is 5.96. The predicted octanol–water partition coefficient (Wildman–Crippen LogP) is 3.78. The molecule has 0 saturated carbocycles. The summed E-state index contributed by atoms with van der Waals surface area (Å²) in [6.07, 6.45) is 5.83.